The van der Waals surface area contributed by atoms with Gasteiger partial charge in [-0.2, -0.15) is 5.26 Å². The second-order valence-electron chi connectivity index (χ2n) is 23.5. The number of aliphatic imine (C=N–C) groups is 1. The van der Waals surface area contributed by atoms with Crippen LogP contribution in [0.1, 0.15) is 80.1 Å². The molecule has 12 N–H and O–H groups in total. The maximum Gasteiger partial charge on any atom is 0.326 e. The second kappa shape index (κ2) is 38.0. The van der Waals surface area contributed by atoms with Crippen molar-refractivity contribution in [3.8, 4) is 6.07 Å². The summed E-state index contributed by atoms with van der Waals surface area (Å²) in [6.07, 6.45) is -0.315. The van der Waals surface area contributed by atoms with Gasteiger partial charge in [0.25, 0.3) is 11.8 Å². The van der Waals surface area contributed by atoms with Crippen molar-refractivity contribution >= 4 is 87.8 Å². The molecule has 7 amide bonds. The number of fused-ring (bicyclic) bond motifs is 1. The number of hydrogen-bond donors (Lipinski definition) is 11. The third-order valence-corrected chi connectivity index (χ3v) is 15.9. The highest BCUT2D eigenvalue weighted by Gasteiger charge is 2.47. The largest absolute Gasteiger partial charge is 0.480 e. The number of carboxylic acid groups (broad SMARTS) is 4. The van der Waals surface area contributed by atoms with Gasteiger partial charge in [-0.15, -0.1) is 0 Å². The molecule has 3 aromatic rings. The number of rotatable bonds is 33. The molecule has 2 aliphatic heterocycles. The minimum absolute atomic E-state index is 0.0208. The van der Waals surface area contributed by atoms with Crippen molar-refractivity contribution < 1.29 is 81.9 Å². The molecule has 0 radical (unpaired) electrons. The van der Waals surface area contributed by atoms with Gasteiger partial charge >= 0.3 is 23.9 Å². The molecule has 33 heteroatoms. The number of aromatic nitrogens is 1. The highest BCUT2D eigenvalue weighted by molar-refractivity contribution is 6.11. The maximum atomic E-state index is 14.3. The second-order valence-corrected chi connectivity index (χ2v) is 23.5. The number of unbranched alkanes of at least 4 members (excludes halogenated alkanes) is 1. The Labute approximate surface area is 547 Å². The van der Waals surface area contributed by atoms with Crippen LogP contribution >= 0.6 is 0 Å². The van der Waals surface area contributed by atoms with Crippen LogP contribution in [-0.2, 0) is 54.4 Å². The lowest BCUT2D eigenvalue weighted by molar-refractivity contribution is -0.145. The Hall–Kier alpha value is -9.52. The summed E-state index contributed by atoms with van der Waals surface area (Å²) in [5.41, 5.74) is 6.87. The topological polar surface area (TPSA) is 435 Å². The van der Waals surface area contributed by atoms with E-state index in [2.05, 4.69) is 41.9 Å². The van der Waals surface area contributed by atoms with Gasteiger partial charge < -0.3 is 72.8 Å². The lowest BCUT2D eigenvalue weighted by atomic mass is 10.0. The van der Waals surface area contributed by atoms with Gasteiger partial charge in [-0.25, -0.2) is 13.6 Å². The monoisotopic (exact) mass is 1330 g/mol. The van der Waals surface area contributed by atoms with E-state index in [0.29, 0.717) is 30.1 Å². The van der Waals surface area contributed by atoms with Crippen molar-refractivity contribution in [2.45, 2.75) is 107 Å². The minimum atomic E-state index is -3.26. The third-order valence-electron chi connectivity index (χ3n) is 15.9. The molecule has 0 aliphatic carbocycles. The van der Waals surface area contributed by atoms with Crippen LogP contribution < -0.4 is 37.6 Å². The molecule has 2 aromatic carbocycles. The summed E-state index contributed by atoms with van der Waals surface area (Å²) in [6, 6.07) is 9.43. The van der Waals surface area contributed by atoms with E-state index < -0.39 is 134 Å². The van der Waals surface area contributed by atoms with E-state index in [4.69, 9.17) is 5.73 Å². The number of nitrogens with one attached hydrogen (secondary N) is 6. The first-order chi connectivity index (χ1) is 45.1. The standard InChI is InChI=1S/C62H86F2N16O15/c1-75(2)61(66)69-23-10-16-45(72-51(83)20-19-50(82)71-44-15-9-13-42-43(21-24-68-55(42)44)56(89)70-36-52(84)80-39-62(63,64)34-41(80)35-65)57(90)74-47(33-40-11-5-4-6-12-40)58(91)73-46(59(92)93)14-7-8-22-67-49(81)18-17-48(60(94)95)79-31-26-76(3)25-27-77(37-53(85)86)28-29-78(30-32-79)38-54(87)88/h4-6,9,11-13,15,21,24,41,45-48H,7-8,10,14,16-20,22-23,25-34,36-39H2,1-3H3,(H2,66,69)(H,67,81)(H,70,89)(H,71,82)(H,72,83)(H,73,91)(H,74,90)(H,85,86)(H,87,88)(H,92,93)(H,94,95)/t41-,45-,46-,47-,48?/m0/s1. The van der Waals surface area contributed by atoms with Crippen LogP contribution in [0, 0.1) is 11.3 Å². The van der Waals surface area contributed by atoms with Crippen molar-refractivity contribution in [3.63, 3.8) is 0 Å². The van der Waals surface area contributed by atoms with Gasteiger partial charge in [0.2, 0.25) is 35.4 Å². The number of nitrogens with two attached hydrogens (primary N) is 1. The molecule has 95 heavy (non-hydrogen) atoms. The number of carbonyl (C=O) groups excluding carboxylic acids is 7. The van der Waals surface area contributed by atoms with Crippen molar-refractivity contribution in [3.05, 3.63) is 71.9 Å². The first-order valence-corrected chi connectivity index (χ1v) is 31.1. The molecular formula is C62H86F2N16O15. The average Bonchev–Trinajstić information content (AvgIpc) is 1.56. The summed E-state index contributed by atoms with van der Waals surface area (Å²) in [5.74, 6) is -13.0. The zero-order valence-electron chi connectivity index (χ0n) is 53.5. The number of nitriles is 1. The number of hydrogen-bond acceptors (Lipinski definition) is 18. The Morgan fingerprint density at radius 3 is 1.99 bits per heavy atom. The Kier molecular flexibility index (Phi) is 30.5. The summed E-state index contributed by atoms with van der Waals surface area (Å²) >= 11 is 0. The summed E-state index contributed by atoms with van der Waals surface area (Å²) in [4.78, 5) is 161. The highest BCUT2D eigenvalue weighted by Crippen LogP contribution is 2.32. The quantitative estimate of drug-likeness (QED) is 0.0206. The molecular weight excluding hydrogens is 1250 g/mol. The maximum absolute atomic E-state index is 14.3. The molecule has 2 aliphatic rings. The Bertz CT molecular complexity index is 3250. The number of para-hydroxylation sites is 1. The van der Waals surface area contributed by atoms with Gasteiger partial charge in [-0.3, -0.25) is 72.6 Å². The molecule has 0 spiro atoms. The summed E-state index contributed by atoms with van der Waals surface area (Å²) in [5, 5.41) is 64.8. The van der Waals surface area contributed by atoms with Gasteiger partial charge in [-0.05, 0) is 63.3 Å². The highest BCUT2D eigenvalue weighted by atomic mass is 19.3. The van der Waals surface area contributed by atoms with Crippen LogP contribution in [0.5, 0.6) is 0 Å². The molecule has 2 saturated heterocycles. The number of likely N-dealkylation sites (tertiary alicyclic amines) is 1. The Balaban J connectivity index is 1.18. The number of guanidine groups is 1. The van der Waals surface area contributed by atoms with E-state index in [0.717, 1.165) is 0 Å². The summed E-state index contributed by atoms with van der Waals surface area (Å²) in [7, 11) is 5.17. The molecule has 31 nitrogen and oxygen atoms in total. The number of halogens is 2. The van der Waals surface area contributed by atoms with Crippen LogP contribution in [0.25, 0.3) is 10.9 Å². The number of likely N-dealkylation sites (N-methyl/N-ethyl adjacent to an activating group) is 1. The molecule has 3 heterocycles. The zero-order chi connectivity index (χ0) is 69.8. The third kappa shape index (κ3) is 26.1. The lowest BCUT2D eigenvalue weighted by Gasteiger charge is -2.34. The number of aliphatic carboxylic acids is 4. The molecule has 5 rings (SSSR count). The van der Waals surface area contributed by atoms with E-state index in [-0.39, 0.29) is 138 Å². The van der Waals surface area contributed by atoms with Crippen LogP contribution in [0.4, 0.5) is 14.5 Å². The SMILES string of the molecule is CN1CCN(CC(=O)O)CCN(CC(=O)O)CCN(C(CCC(=O)NCCCC[C@H](NC(=O)[C@H](Cc2ccccc2)NC(=O)[C@H](CCCN=C(N)N(C)C)NC(=O)CCC(=O)Nc2cccc3c(C(=O)NCC(=O)N4CC(F)(F)C[C@H]4C#N)ccnc23)C(=O)O)C(=O)O)CC1. The minimum Gasteiger partial charge on any atom is -0.480 e. The number of benzene rings is 2. The van der Waals surface area contributed by atoms with Gasteiger partial charge in [0.1, 0.15) is 30.2 Å². The average molecular weight is 1330 g/mol. The zero-order valence-corrected chi connectivity index (χ0v) is 53.5. The van der Waals surface area contributed by atoms with Crippen LogP contribution in [-0.4, -0.2) is 275 Å². The molecule has 0 saturated carbocycles. The van der Waals surface area contributed by atoms with Crippen molar-refractivity contribution in [2.24, 2.45) is 10.7 Å². The normalized spacial score (nSPS) is 17.2. The Morgan fingerprint density at radius 1 is 0.716 bits per heavy atom. The fourth-order valence-corrected chi connectivity index (χ4v) is 10.6. The van der Waals surface area contributed by atoms with Gasteiger partial charge in [0.15, 0.2) is 5.96 Å². The van der Waals surface area contributed by atoms with E-state index in [1.54, 1.807) is 70.1 Å². The van der Waals surface area contributed by atoms with Crippen LogP contribution in [0.15, 0.2) is 65.8 Å². The van der Waals surface area contributed by atoms with Crippen molar-refractivity contribution in [1.29, 1.82) is 5.26 Å². The van der Waals surface area contributed by atoms with Crippen LogP contribution in [0.3, 0.4) is 0 Å². The molecule has 0 bridgehead atoms. The number of carboxylic acids is 4. The number of anilines is 1. The smallest absolute Gasteiger partial charge is 0.326 e. The first kappa shape index (κ1) is 76.2. The molecule has 2 fully saturated rings. The fraction of sp³-hybridized carbons (Fsp3) is 0.548. The van der Waals surface area contributed by atoms with Crippen LogP contribution in [0.2, 0.25) is 0 Å². The molecule has 518 valence electrons. The van der Waals surface area contributed by atoms with Crippen molar-refractivity contribution in [2.75, 3.05) is 118 Å². The molecule has 1 unspecified atom stereocenters. The first-order valence-electron chi connectivity index (χ1n) is 31.1. The molecule has 1 aromatic heterocycles. The van der Waals surface area contributed by atoms with E-state index in [1.807, 2.05) is 11.9 Å². The number of pyridine rings is 1. The van der Waals surface area contributed by atoms with Gasteiger partial charge in [0, 0.05) is 123 Å². The van der Waals surface area contributed by atoms with Gasteiger partial charge in [0.05, 0.1) is 49.0 Å². The number of carbonyl (C=O) groups is 11. The number of amides is 7. The predicted molar refractivity (Wildman–Crippen MR) is 340 cm³/mol. The number of nitrogens with zero attached hydrogens (tertiary/aromatic N) is 9. The van der Waals surface area contributed by atoms with E-state index >= 15 is 0 Å². The summed E-state index contributed by atoms with van der Waals surface area (Å²) < 4.78 is 28.0. The number of alkyl halides is 2. The fourth-order valence-electron chi connectivity index (χ4n) is 10.6. The predicted octanol–water partition coefficient (Wildman–Crippen LogP) is -0.578. The van der Waals surface area contributed by atoms with Gasteiger partial charge in [-0.1, -0.05) is 42.5 Å². The molecule has 5 atom stereocenters. The van der Waals surface area contributed by atoms with E-state index in [1.165, 1.54) is 30.5 Å². The van der Waals surface area contributed by atoms with Crippen molar-refractivity contribution in [1.82, 2.24) is 61.0 Å². The lowest BCUT2D eigenvalue weighted by Crippen LogP contribution is -2.56. The summed E-state index contributed by atoms with van der Waals surface area (Å²) in [6.45, 7) is 0.303. The Morgan fingerprint density at radius 2 is 1.34 bits per heavy atom. The van der Waals surface area contributed by atoms with E-state index in [9.17, 15) is 87.2 Å².